The Morgan fingerprint density at radius 2 is 2.05 bits per heavy atom. The van der Waals surface area contributed by atoms with E-state index in [9.17, 15) is 14.9 Å². The minimum absolute atomic E-state index is 0.0143. The van der Waals surface area contributed by atoms with Gasteiger partial charge in [0.05, 0.1) is 10.5 Å². The summed E-state index contributed by atoms with van der Waals surface area (Å²) < 4.78 is 0. The standard InChI is InChI=1S/C12H12ClN3O3/c1-3-5-15(6-4-2)12(17)10-7-9(16(18)19)8-14-11(10)13/h3-4,7-8H,1-2,5-6H2. The van der Waals surface area contributed by atoms with Gasteiger partial charge in [0.1, 0.15) is 11.3 Å². The summed E-state index contributed by atoms with van der Waals surface area (Å²) >= 11 is 5.81. The van der Waals surface area contributed by atoms with E-state index in [4.69, 9.17) is 11.6 Å². The van der Waals surface area contributed by atoms with E-state index in [2.05, 4.69) is 18.1 Å². The van der Waals surface area contributed by atoms with E-state index >= 15 is 0 Å². The Labute approximate surface area is 115 Å². The highest BCUT2D eigenvalue weighted by Gasteiger charge is 2.20. The Balaban J connectivity index is 3.15. The van der Waals surface area contributed by atoms with Gasteiger partial charge in [0.25, 0.3) is 11.6 Å². The van der Waals surface area contributed by atoms with Gasteiger partial charge < -0.3 is 4.90 Å². The van der Waals surface area contributed by atoms with Crippen molar-refractivity contribution in [3.05, 3.63) is 58.4 Å². The molecule has 0 saturated heterocycles. The average molecular weight is 282 g/mol. The number of halogens is 1. The van der Waals surface area contributed by atoms with Crippen molar-refractivity contribution in [3.8, 4) is 0 Å². The number of hydrogen-bond donors (Lipinski definition) is 0. The zero-order valence-corrected chi connectivity index (χ0v) is 10.8. The molecule has 0 atom stereocenters. The first-order valence-corrected chi connectivity index (χ1v) is 5.70. The molecule has 100 valence electrons. The molecule has 1 aromatic rings. The highest BCUT2D eigenvalue weighted by atomic mass is 35.5. The lowest BCUT2D eigenvalue weighted by atomic mass is 10.2. The third kappa shape index (κ3) is 3.62. The van der Waals surface area contributed by atoms with Crippen molar-refractivity contribution >= 4 is 23.2 Å². The molecule has 0 aromatic carbocycles. The predicted molar refractivity (Wildman–Crippen MR) is 72.2 cm³/mol. The lowest BCUT2D eigenvalue weighted by Crippen LogP contribution is -2.31. The second-order valence-electron chi connectivity index (χ2n) is 3.58. The van der Waals surface area contributed by atoms with E-state index in [0.717, 1.165) is 12.3 Å². The molecule has 1 aromatic heterocycles. The first-order valence-electron chi connectivity index (χ1n) is 5.32. The number of nitro groups is 1. The van der Waals surface area contributed by atoms with Gasteiger partial charge in [-0.2, -0.15) is 0 Å². The van der Waals surface area contributed by atoms with Crippen LogP contribution in [-0.4, -0.2) is 33.8 Å². The Bertz CT molecular complexity index is 521. The van der Waals surface area contributed by atoms with Gasteiger partial charge in [-0.3, -0.25) is 14.9 Å². The molecule has 0 fully saturated rings. The van der Waals surface area contributed by atoms with Crippen LogP contribution in [0.15, 0.2) is 37.6 Å². The monoisotopic (exact) mass is 281 g/mol. The van der Waals surface area contributed by atoms with Crippen LogP contribution in [0, 0.1) is 10.1 Å². The second kappa shape index (κ2) is 6.65. The quantitative estimate of drug-likeness (QED) is 0.347. The second-order valence-corrected chi connectivity index (χ2v) is 3.93. The SMILES string of the molecule is C=CCN(CC=C)C(=O)c1cc([N+](=O)[O-])cnc1Cl. The summed E-state index contributed by atoms with van der Waals surface area (Å²) in [6.07, 6.45) is 4.09. The molecule has 0 aliphatic rings. The van der Waals surface area contributed by atoms with Crippen LogP contribution >= 0.6 is 11.6 Å². The molecular formula is C12H12ClN3O3. The topological polar surface area (TPSA) is 76.3 Å². The van der Waals surface area contributed by atoms with Gasteiger partial charge in [0.2, 0.25) is 0 Å². The number of pyridine rings is 1. The number of rotatable bonds is 6. The normalized spacial score (nSPS) is 9.74. The minimum Gasteiger partial charge on any atom is -0.331 e. The molecule has 6 nitrogen and oxygen atoms in total. The van der Waals surface area contributed by atoms with Crippen LogP contribution in [0.1, 0.15) is 10.4 Å². The van der Waals surface area contributed by atoms with Gasteiger partial charge in [-0.1, -0.05) is 23.8 Å². The molecule has 1 amide bonds. The van der Waals surface area contributed by atoms with Crippen LogP contribution in [0.25, 0.3) is 0 Å². The molecule has 0 bridgehead atoms. The third-order valence-electron chi connectivity index (χ3n) is 2.25. The molecule has 0 N–H and O–H groups in total. The number of amides is 1. The molecule has 0 saturated carbocycles. The molecule has 19 heavy (non-hydrogen) atoms. The first kappa shape index (κ1) is 14.8. The van der Waals surface area contributed by atoms with Gasteiger partial charge in [-0.05, 0) is 0 Å². The van der Waals surface area contributed by atoms with Gasteiger partial charge in [-0.25, -0.2) is 4.98 Å². The summed E-state index contributed by atoms with van der Waals surface area (Å²) in [7, 11) is 0. The summed E-state index contributed by atoms with van der Waals surface area (Å²) in [5, 5.41) is 10.6. The fourth-order valence-corrected chi connectivity index (χ4v) is 1.59. The molecule has 0 radical (unpaired) electrons. The molecule has 0 aliphatic heterocycles. The summed E-state index contributed by atoms with van der Waals surface area (Å²) in [5.41, 5.74) is -0.301. The summed E-state index contributed by atoms with van der Waals surface area (Å²) in [4.78, 5) is 27.3. The van der Waals surface area contributed by atoms with Gasteiger partial charge >= 0.3 is 0 Å². The fourth-order valence-electron chi connectivity index (χ4n) is 1.41. The van der Waals surface area contributed by atoms with E-state index in [0.29, 0.717) is 0 Å². The molecule has 7 heteroatoms. The van der Waals surface area contributed by atoms with Crippen molar-refractivity contribution in [2.45, 2.75) is 0 Å². The molecule has 1 heterocycles. The number of carbonyl (C=O) groups is 1. The number of carbonyl (C=O) groups excluding carboxylic acids is 1. The van der Waals surface area contributed by atoms with E-state index in [1.54, 1.807) is 12.2 Å². The lowest BCUT2D eigenvalue weighted by molar-refractivity contribution is -0.385. The number of hydrogen-bond acceptors (Lipinski definition) is 4. The Hall–Kier alpha value is -2.21. The van der Waals surface area contributed by atoms with Crippen LogP contribution in [0.2, 0.25) is 5.15 Å². The van der Waals surface area contributed by atoms with Crippen LogP contribution in [0.5, 0.6) is 0 Å². The minimum atomic E-state index is -0.633. The molecule has 0 aliphatic carbocycles. The third-order valence-corrected chi connectivity index (χ3v) is 2.55. The zero-order chi connectivity index (χ0) is 14.4. The van der Waals surface area contributed by atoms with E-state index in [1.807, 2.05) is 0 Å². The van der Waals surface area contributed by atoms with E-state index in [1.165, 1.54) is 4.90 Å². The van der Waals surface area contributed by atoms with Crippen molar-refractivity contribution in [2.75, 3.05) is 13.1 Å². The number of aromatic nitrogens is 1. The average Bonchev–Trinajstić information content (AvgIpc) is 2.38. The molecule has 0 unspecified atom stereocenters. The number of nitrogens with zero attached hydrogens (tertiary/aromatic N) is 3. The highest BCUT2D eigenvalue weighted by molar-refractivity contribution is 6.32. The van der Waals surface area contributed by atoms with E-state index < -0.39 is 10.8 Å². The van der Waals surface area contributed by atoms with E-state index in [-0.39, 0.29) is 29.5 Å². The maximum Gasteiger partial charge on any atom is 0.288 e. The lowest BCUT2D eigenvalue weighted by Gasteiger charge is -2.19. The smallest absolute Gasteiger partial charge is 0.288 e. The summed E-state index contributed by atoms with van der Waals surface area (Å²) in [6, 6.07) is 1.11. The van der Waals surface area contributed by atoms with Crippen LogP contribution in [-0.2, 0) is 0 Å². The van der Waals surface area contributed by atoms with Crippen molar-refractivity contribution in [1.29, 1.82) is 0 Å². The maximum absolute atomic E-state index is 12.2. The largest absolute Gasteiger partial charge is 0.331 e. The summed E-state index contributed by atoms with van der Waals surface area (Å²) in [6.45, 7) is 7.65. The van der Waals surface area contributed by atoms with Crippen molar-refractivity contribution in [1.82, 2.24) is 9.88 Å². The summed E-state index contributed by atoms with van der Waals surface area (Å²) in [5.74, 6) is -0.457. The zero-order valence-electron chi connectivity index (χ0n) is 10.1. The Morgan fingerprint density at radius 3 is 2.53 bits per heavy atom. The van der Waals surface area contributed by atoms with Gasteiger partial charge in [0.15, 0.2) is 0 Å². The van der Waals surface area contributed by atoms with Crippen LogP contribution in [0.3, 0.4) is 0 Å². The molecule has 1 rings (SSSR count). The van der Waals surface area contributed by atoms with Gasteiger partial charge in [-0.15, -0.1) is 13.2 Å². The van der Waals surface area contributed by atoms with Crippen molar-refractivity contribution in [2.24, 2.45) is 0 Å². The predicted octanol–water partition coefficient (Wildman–Crippen LogP) is 2.46. The van der Waals surface area contributed by atoms with Crippen LogP contribution < -0.4 is 0 Å². The van der Waals surface area contributed by atoms with Crippen molar-refractivity contribution in [3.63, 3.8) is 0 Å². The highest BCUT2D eigenvalue weighted by Crippen LogP contribution is 2.20. The Morgan fingerprint density at radius 1 is 1.47 bits per heavy atom. The first-order chi connectivity index (χ1) is 9.01. The van der Waals surface area contributed by atoms with Crippen LogP contribution in [0.4, 0.5) is 5.69 Å². The molecule has 0 spiro atoms. The maximum atomic E-state index is 12.2. The van der Waals surface area contributed by atoms with Crippen molar-refractivity contribution < 1.29 is 9.72 Å². The Kier molecular flexibility index (Phi) is 5.20. The van der Waals surface area contributed by atoms with Gasteiger partial charge in [0, 0.05) is 19.2 Å². The fraction of sp³-hybridized carbons (Fsp3) is 0.167. The molecular weight excluding hydrogens is 270 g/mol.